The van der Waals surface area contributed by atoms with E-state index < -0.39 is 5.91 Å². The number of benzene rings is 1. The summed E-state index contributed by atoms with van der Waals surface area (Å²) in [5.74, 6) is 0.922. The molecule has 0 bridgehead atoms. The van der Waals surface area contributed by atoms with Gasteiger partial charge in [-0.05, 0) is 12.1 Å². The minimum absolute atomic E-state index is 0.0801. The van der Waals surface area contributed by atoms with Gasteiger partial charge in [-0.1, -0.05) is 22.6 Å². The average molecular weight is 345 g/mol. The number of aromatic nitrogens is 2. The van der Waals surface area contributed by atoms with Crippen molar-refractivity contribution < 1.29 is 18.8 Å². The van der Waals surface area contributed by atoms with E-state index in [-0.39, 0.29) is 5.76 Å². The Hall–Kier alpha value is -2.87. The molecule has 124 valence electrons. The number of thiazole rings is 1. The zero-order valence-electron chi connectivity index (χ0n) is 13.2. The molecule has 0 atom stereocenters. The highest BCUT2D eigenvalue weighted by molar-refractivity contribution is 7.16. The molecule has 3 aromatic rings. The number of amides is 1. The van der Waals surface area contributed by atoms with Gasteiger partial charge in [0.2, 0.25) is 5.76 Å². The third kappa shape index (κ3) is 2.71. The van der Waals surface area contributed by atoms with Crippen molar-refractivity contribution in [1.29, 1.82) is 0 Å². The molecule has 1 aromatic carbocycles. The van der Waals surface area contributed by atoms with E-state index in [2.05, 4.69) is 16.7 Å². The van der Waals surface area contributed by atoms with E-state index in [0.717, 1.165) is 10.2 Å². The minimum atomic E-state index is -0.505. The van der Waals surface area contributed by atoms with E-state index in [1.807, 2.05) is 16.7 Å². The van der Waals surface area contributed by atoms with Crippen LogP contribution in [0.3, 0.4) is 0 Å². The Labute approximate surface area is 141 Å². The molecule has 2 heterocycles. The molecule has 0 fully saturated rings. The van der Waals surface area contributed by atoms with Crippen LogP contribution in [-0.2, 0) is 6.54 Å². The smallest absolute Gasteiger partial charge is 0.318 e. The first kappa shape index (κ1) is 16.0. The summed E-state index contributed by atoms with van der Waals surface area (Å²) in [5, 5.41) is 3.53. The first-order chi connectivity index (χ1) is 11.7. The fourth-order valence-electron chi connectivity index (χ4n) is 2.31. The van der Waals surface area contributed by atoms with Gasteiger partial charge >= 0.3 is 5.91 Å². The van der Waals surface area contributed by atoms with Crippen LogP contribution in [0.25, 0.3) is 10.2 Å². The first-order valence-corrected chi connectivity index (χ1v) is 7.86. The van der Waals surface area contributed by atoms with Crippen molar-refractivity contribution in [1.82, 2.24) is 9.72 Å². The van der Waals surface area contributed by atoms with Gasteiger partial charge in [-0.2, -0.15) is 4.99 Å². The predicted octanol–water partition coefficient (Wildman–Crippen LogP) is 2.64. The van der Waals surface area contributed by atoms with Gasteiger partial charge in [-0.25, -0.2) is 0 Å². The molecule has 0 unspecified atom stereocenters. The lowest BCUT2D eigenvalue weighted by Gasteiger charge is -2.08. The molecular formula is C16H15N3O4S. The molecule has 0 N–H and O–H groups in total. The lowest BCUT2D eigenvalue weighted by Crippen LogP contribution is -2.16. The van der Waals surface area contributed by atoms with Gasteiger partial charge in [0.15, 0.2) is 4.80 Å². The Morgan fingerprint density at radius 2 is 2.12 bits per heavy atom. The zero-order chi connectivity index (χ0) is 17.1. The lowest BCUT2D eigenvalue weighted by atomic mass is 10.3. The first-order valence-electron chi connectivity index (χ1n) is 7.04. The molecule has 0 aliphatic rings. The van der Waals surface area contributed by atoms with Crippen molar-refractivity contribution in [3.8, 4) is 11.5 Å². The minimum Gasteiger partial charge on any atom is -0.495 e. The van der Waals surface area contributed by atoms with E-state index in [4.69, 9.17) is 14.0 Å². The van der Waals surface area contributed by atoms with Crippen LogP contribution in [0, 0.1) is 0 Å². The van der Waals surface area contributed by atoms with Crippen LogP contribution in [0.5, 0.6) is 11.5 Å². The summed E-state index contributed by atoms with van der Waals surface area (Å²) in [6, 6.07) is 5.10. The Balaban J connectivity index is 2.29. The van der Waals surface area contributed by atoms with Gasteiger partial charge in [-0.15, -0.1) is 6.58 Å². The van der Waals surface area contributed by atoms with Crippen molar-refractivity contribution in [2.24, 2.45) is 4.99 Å². The van der Waals surface area contributed by atoms with Crippen molar-refractivity contribution in [2.75, 3.05) is 14.2 Å². The molecule has 0 saturated carbocycles. The Morgan fingerprint density at radius 3 is 2.75 bits per heavy atom. The summed E-state index contributed by atoms with van der Waals surface area (Å²) in [5.41, 5.74) is 0.797. The van der Waals surface area contributed by atoms with Crippen LogP contribution in [0.2, 0.25) is 0 Å². The molecule has 7 nitrogen and oxygen atoms in total. The second-order valence-electron chi connectivity index (χ2n) is 4.73. The summed E-state index contributed by atoms with van der Waals surface area (Å²) >= 11 is 1.33. The van der Waals surface area contributed by atoms with E-state index >= 15 is 0 Å². The van der Waals surface area contributed by atoms with Gasteiger partial charge in [0, 0.05) is 12.6 Å². The van der Waals surface area contributed by atoms with Crippen LogP contribution in [0.1, 0.15) is 10.6 Å². The molecule has 1 amide bonds. The maximum Gasteiger partial charge on any atom is 0.318 e. The van der Waals surface area contributed by atoms with Crippen molar-refractivity contribution in [3.63, 3.8) is 0 Å². The molecule has 0 aliphatic carbocycles. The van der Waals surface area contributed by atoms with Crippen molar-refractivity contribution >= 4 is 27.5 Å². The molecule has 0 saturated heterocycles. The largest absolute Gasteiger partial charge is 0.495 e. The number of hydrogen-bond acceptors (Lipinski definition) is 6. The summed E-state index contributed by atoms with van der Waals surface area (Å²) in [4.78, 5) is 16.9. The zero-order valence-corrected chi connectivity index (χ0v) is 14.0. The number of allylic oxidation sites excluding steroid dienone is 1. The maximum absolute atomic E-state index is 12.2. The second kappa shape index (κ2) is 6.71. The van der Waals surface area contributed by atoms with E-state index in [9.17, 15) is 4.79 Å². The normalized spacial score (nSPS) is 11.7. The van der Waals surface area contributed by atoms with Crippen molar-refractivity contribution in [3.05, 3.63) is 47.6 Å². The number of ether oxygens (including phenoxy) is 2. The second-order valence-corrected chi connectivity index (χ2v) is 5.70. The summed E-state index contributed by atoms with van der Waals surface area (Å²) in [6.07, 6.45) is 3.13. The van der Waals surface area contributed by atoms with Gasteiger partial charge in [0.1, 0.15) is 21.7 Å². The van der Waals surface area contributed by atoms with Gasteiger partial charge < -0.3 is 18.6 Å². The summed E-state index contributed by atoms with van der Waals surface area (Å²) in [7, 11) is 3.18. The Bertz CT molecular complexity index is 954. The summed E-state index contributed by atoms with van der Waals surface area (Å²) < 4.78 is 18.4. The number of nitrogens with zero attached hydrogens (tertiary/aromatic N) is 3. The van der Waals surface area contributed by atoms with Crippen LogP contribution in [0.15, 0.2) is 46.6 Å². The number of rotatable bonds is 5. The Kier molecular flexibility index (Phi) is 4.48. The highest BCUT2D eigenvalue weighted by atomic mass is 32.1. The molecular weight excluding hydrogens is 330 g/mol. The predicted molar refractivity (Wildman–Crippen MR) is 89.5 cm³/mol. The lowest BCUT2D eigenvalue weighted by molar-refractivity contribution is 0.0962. The molecule has 2 aromatic heterocycles. The van der Waals surface area contributed by atoms with Crippen LogP contribution < -0.4 is 14.3 Å². The van der Waals surface area contributed by atoms with E-state index in [0.29, 0.717) is 22.8 Å². The third-order valence-corrected chi connectivity index (χ3v) is 4.44. The van der Waals surface area contributed by atoms with Crippen molar-refractivity contribution in [2.45, 2.75) is 6.54 Å². The van der Waals surface area contributed by atoms with Crippen LogP contribution >= 0.6 is 11.3 Å². The molecule has 8 heteroatoms. The molecule has 3 rings (SSSR count). The molecule has 24 heavy (non-hydrogen) atoms. The SMILES string of the molecule is C=CCn1c(=NC(=O)c2ccno2)sc2c(OC)ccc(OC)c21. The topological polar surface area (TPSA) is 78.9 Å². The van der Waals surface area contributed by atoms with Crippen LogP contribution in [-0.4, -0.2) is 29.9 Å². The van der Waals surface area contributed by atoms with E-state index in [1.165, 1.54) is 23.6 Å². The van der Waals surface area contributed by atoms with Gasteiger partial charge in [0.05, 0.1) is 20.4 Å². The molecule has 0 spiro atoms. The highest BCUT2D eigenvalue weighted by Gasteiger charge is 2.17. The van der Waals surface area contributed by atoms with Gasteiger partial charge in [-0.3, -0.25) is 4.79 Å². The molecule has 0 aliphatic heterocycles. The van der Waals surface area contributed by atoms with Gasteiger partial charge in [0.25, 0.3) is 0 Å². The third-order valence-electron chi connectivity index (χ3n) is 3.35. The summed E-state index contributed by atoms with van der Waals surface area (Å²) in [6.45, 7) is 4.23. The Morgan fingerprint density at radius 1 is 1.38 bits per heavy atom. The number of carbonyl (C=O) groups excluding carboxylic acids is 1. The standard InChI is InChI=1S/C16H15N3O4S/c1-4-9-19-13-10(21-2)5-6-11(22-3)14(13)24-16(19)18-15(20)12-7-8-17-23-12/h4-8H,1,9H2,2-3H3. The fraction of sp³-hybridized carbons (Fsp3) is 0.188. The number of fused-ring (bicyclic) bond motifs is 1. The van der Waals surface area contributed by atoms with E-state index in [1.54, 1.807) is 20.3 Å². The highest BCUT2D eigenvalue weighted by Crippen LogP contribution is 2.35. The van der Waals surface area contributed by atoms with Crippen LogP contribution in [0.4, 0.5) is 0 Å². The molecule has 0 radical (unpaired) electrons. The monoisotopic (exact) mass is 345 g/mol. The average Bonchev–Trinajstić information content (AvgIpc) is 3.23. The fourth-order valence-corrected chi connectivity index (χ4v) is 3.45. The quantitative estimate of drug-likeness (QED) is 0.664. The number of carbonyl (C=O) groups is 1. The maximum atomic E-state index is 12.2. The number of methoxy groups -OCH3 is 2. The number of hydrogen-bond donors (Lipinski definition) is 0.